The molecule has 2 aliphatic heterocycles. The van der Waals surface area contributed by atoms with Gasteiger partial charge in [-0.25, -0.2) is 14.4 Å². The molecular weight excluding hydrogens is 367 g/mol. The third-order valence-electron chi connectivity index (χ3n) is 4.75. The maximum Gasteiger partial charge on any atom is 0.322 e. The molecule has 3 aromatic rings. The highest BCUT2D eigenvalue weighted by atomic mass is 19.1. The Bertz CT molecular complexity index is 1140. The van der Waals surface area contributed by atoms with Crippen molar-refractivity contribution in [2.24, 2.45) is 15.1 Å². The molecule has 0 bridgehead atoms. The fourth-order valence-corrected chi connectivity index (χ4v) is 3.22. The van der Waals surface area contributed by atoms with Gasteiger partial charge in [0.05, 0.1) is 5.69 Å². The van der Waals surface area contributed by atoms with Gasteiger partial charge in [0.15, 0.2) is 5.84 Å². The first-order valence-corrected chi connectivity index (χ1v) is 9.28. The monoisotopic (exact) mass is 384 g/mol. The van der Waals surface area contributed by atoms with Crippen molar-refractivity contribution in [3.63, 3.8) is 0 Å². The van der Waals surface area contributed by atoms with E-state index in [-0.39, 0.29) is 5.82 Å². The number of rotatable bonds is 3. The fraction of sp³-hybridized carbons (Fsp3) is 0.0870. The number of ether oxygens (including phenoxy) is 1. The molecule has 1 unspecified atom stereocenters. The second-order valence-electron chi connectivity index (χ2n) is 6.86. The molecule has 0 aliphatic carbocycles. The summed E-state index contributed by atoms with van der Waals surface area (Å²) in [7, 11) is 0. The number of aliphatic imine (C=N–C) groups is 2. The highest BCUT2D eigenvalue weighted by Gasteiger charge is 2.40. The number of amidine groups is 2. The Morgan fingerprint density at radius 3 is 2.38 bits per heavy atom. The summed E-state index contributed by atoms with van der Waals surface area (Å²) in [6, 6.07) is 23.7. The van der Waals surface area contributed by atoms with Crippen LogP contribution in [0.2, 0.25) is 0 Å². The summed E-state index contributed by atoms with van der Waals surface area (Å²) in [4.78, 5) is 9.47. The predicted octanol–water partition coefficient (Wildman–Crippen LogP) is 4.97. The standard InChI is InChI=1S/C23H17FN4O/c1-15-7-13-19(14-8-15)25-21-20(16-9-11-18(24)12-10-16)26-23-28(21)27-22(29-23)17-5-3-2-4-6-17/h2-14,20H,1H3. The predicted molar refractivity (Wildman–Crippen MR) is 111 cm³/mol. The number of nitrogens with zero attached hydrogens (tertiary/aromatic N) is 4. The largest absolute Gasteiger partial charge is 0.403 e. The molecule has 0 saturated heterocycles. The van der Waals surface area contributed by atoms with Gasteiger partial charge in [0.25, 0.3) is 0 Å². The lowest BCUT2D eigenvalue weighted by Gasteiger charge is -2.13. The lowest BCUT2D eigenvalue weighted by Crippen LogP contribution is -2.25. The lowest BCUT2D eigenvalue weighted by atomic mass is 10.1. The van der Waals surface area contributed by atoms with Crippen molar-refractivity contribution in [3.05, 3.63) is 101 Å². The van der Waals surface area contributed by atoms with Crippen LogP contribution in [0.25, 0.3) is 0 Å². The van der Waals surface area contributed by atoms with E-state index in [9.17, 15) is 4.39 Å². The maximum atomic E-state index is 13.4. The van der Waals surface area contributed by atoms with Gasteiger partial charge in [0.2, 0.25) is 5.90 Å². The second kappa shape index (κ2) is 6.98. The molecule has 5 nitrogen and oxygen atoms in total. The average molecular weight is 384 g/mol. The molecule has 0 fully saturated rings. The van der Waals surface area contributed by atoms with Gasteiger partial charge in [-0.15, -0.1) is 5.10 Å². The SMILES string of the molecule is Cc1ccc(N=C2C(c3ccc(F)cc3)N=C3OC(c4ccccc4)=NN32)cc1. The van der Waals surface area contributed by atoms with Crippen molar-refractivity contribution in [2.75, 3.05) is 0 Å². The molecule has 142 valence electrons. The topological polar surface area (TPSA) is 49.6 Å². The molecule has 5 rings (SSSR count). The van der Waals surface area contributed by atoms with E-state index in [1.165, 1.54) is 12.1 Å². The van der Waals surface area contributed by atoms with E-state index >= 15 is 0 Å². The summed E-state index contributed by atoms with van der Waals surface area (Å²) >= 11 is 0. The van der Waals surface area contributed by atoms with Crippen LogP contribution in [-0.2, 0) is 4.74 Å². The Morgan fingerprint density at radius 2 is 1.66 bits per heavy atom. The van der Waals surface area contributed by atoms with E-state index in [2.05, 4.69) is 10.1 Å². The number of halogens is 1. The zero-order chi connectivity index (χ0) is 19.8. The normalized spacial score (nSPS) is 19.0. The highest BCUT2D eigenvalue weighted by Crippen LogP contribution is 2.33. The van der Waals surface area contributed by atoms with Gasteiger partial charge in [0.1, 0.15) is 11.9 Å². The van der Waals surface area contributed by atoms with E-state index in [0.717, 1.165) is 22.4 Å². The van der Waals surface area contributed by atoms with Crippen LogP contribution < -0.4 is 0 Å². The minimum atomic E-state index is -0.423. The highest BCUT2D eigenvalue weighted by molar-refractivity contribution is 6.15. The third kappa shape index (κ3) is 3.29. The number of hydrazone groups is 1. The quantitative estimate of drug-likeness (QED) is 0.640. The van der Waals surface area contributed by atoms with Crippen molar-refractivity contribution in [2.45, 2.75) is 13.0 Å². The Balaban J connectivity index is 1.56. The third-order valence-corrected chi connectivity index (χ3v) is 4.75. The van der Waals surface area contributed by atoms with Gasteiger partial charge in [0, 0.05) is 5.56 Å². The molecule has 2 aliphatic rings. The summed E-state index contributed by atoms with van der Waals surface area (Å²) < 4.78 is 19.3. The zero-order valence-corrected chi connectivity index (χ0v) is 15.7. The van der Waals surface area contributed by atoms with Gasteiger partial charge >= 0.3 is 6.02 Å². The molecule has 2 heterocycles. The molecule has 0 saturated carbocycles. The molecule has 0 aromatic heterocycles. The van der Waals surface area contributed by atoms with Crippen LogP contribution in [0, 0.1) is 12.7 Å². The molecule has 1 atom stereocenters. The Hall–Kier alpha value is -3.80. The van der Waals surface area contributed by atoms with Gasteiger partial charge < -0.3 is 4.74 Å². The Morgan fingerprint density at radius 1 is 0.931 bits per heavy atom. The number of aryl methyl sites for hydroxylation is 1. The number of hydrogen-bond acceptors (Lipinski definition) is 4. The first-order chi connectivity index (χ1) is 14.2. The molecule has 0 N–H and O–H groups in total. The number of benzene rings is 3. The van der Waals surface area contributed by atoms with Gasteiger partial charge in [-0.3, -0.25) is 0 Å². The van der Waals surface area contributed by atoms with Gasteiger partial charge in [-0.05, 0) is 48.9 Å². The van der Waals surface area contributed by atoms with Crippen molar-refractivity contribution < 1.29 is 9.13 Å². The van der Waals surface area contributed by atoms with Crippen molar-refractivity contribution >= 4 is 23.4 Å². The number of fused-ring (bicyclic) bond motifs is 1. The van der Waals surface area contributed by atoms with Crippen LogP contribution in [0.3, 0.4) is 0 Å². The molecular formula is C23H17FN4O. The molecule has 0 amide bonds. The molecule has 0 spiro atoms. The lowest BCUT2D eigenvalue weighted by molar-refractivity contribution is 0.519. The summed E-state index contributed by atoms with van der Waals surface area (Å²) in [6.07, 6.45) is 0. The van der Waals surface area contributed by atoms with Crippen molar-refractivity contribution in [3.8, 4) is 0 Å². The molecule has 6 heteroatoms. The van der Waals surface area contributed by atoms with Crippen LogP contribution >= 0.6 is 0 Å². The first-order valence-electron chi connectivity index (χ1n) is 9.28. The van der Waals surface area contributed by atoms with Crippen LogP contribution in [-0.4, -0.2) is 22.8 Å². The van der Waals surface area contributed by atoms with Gasteiger partial charge in [-0.1, -0.05) is 48.0 Å². The van der Waals surface area contributed by atoms with Crippen molar-refractivity contribution in [1.82, 2.24) is 5.01 Å². The Kier molecular flexibility index (Phi) is 4.17. The van der Waals surface area contributed by atoms with Crippen LogP contribution in [0.5, 0.6) is 0 Å². The zero-order valence-electron chi connectivity index (χ0n) is 15.7. The molecule has 3 aromatic carbocycles. The minimum Gasteiger partial charge on any atom is -0.403 e. The summed E-state index contributed by atoms with van der Waals surface area (Å²) in [5, 5.41) is 6.22. The van der Waals surface area contributed by atoms with Crippen LogP contribution in [0.1, 0.15) is 22.7 Å². The maximum absolute atomic E-state index is 13.4. The number of hydrogen-bond donors (Lipinski definition) is 0. The van der Waals surface area contributed by atoms with E-state index in [1.54, 1.807) is 17.1 Å². The summed E-state index contributed by atoms with van der Waals surface area (Å²) in [5.74, 6) is 0.789. The molecule has 0 radical (unpaired) electrons. The smallest absolute Gasteiger partial charge is 0.322 e. The minimum absolute atomic E-state index is 0.294. The van der Waals surface area contributed by atoms with Crippen LogP contribution in [0.4, 0.5) is 10.1 Å². The van der Waals surface area contributed by atoms with E-state index in [1.807, 2.05) is 61.5 Å². The summed E-state index contributed by atoms with van der Waals surface area (Å²) in [5.41, 5.74) is 3.62. The summed E-state index contributed by atoms with van der Waals surface area (Å²) in [6.45, 7) is 2.03. The van der Waals surface area contributed by atoms with Gasteiger partial charge in [-0.2, -0.15) is 5.01 Å². The van der Waals surface area contributed by atoms with E-state index in [4.69, 9.17) is 9.73 Å². The van der Waals surface area contributed by atoms with E-state index in [0.29, 0.717) is 17.8 Å². The first kappa shape index (κ1) is 17.3. The Labute approximate surface area is 167 Å². The van der Waals surface area contributed by atoms with Crippen LogP contribution in [0.15, 0.2) is 93.9 Å². The fourth-order valence-electron chi connectivity index (χ4n) is 3.22. The van der Waals surface area contributed by atoms with Crippen molar-refractivity contribution in [1.29, 1.82) is 0 Å². The second-order valence-corrected chi connectivity index (χ2v) is 6.86. The van der Waals surface area contributed by atoms with E-state index < -0.39 is 6.04 Å². The average Bonchev–Trinajstić information content (AvgIpc) is 3.30. The molecule has 29 heavy (non-hydrogen) atoms.